The molecule has 6 heteroatoms. The van der Waals surface area contributed by atoms with Crippen molar-refractivity contribution in [2.24, 2.45) is 0 Å². The molecule has 2 aromatic carbocycles. The highest BCUT2D eigenvalue weighted by molar-refractivity contribution is 5.89. The van der Waals surface area contributed by atoms with E-state index >= 15 is 0 Å². The minimum Gasteiger partial charge on any atom is -0.478 e. The van der Waals surface area contributed by atoms with Crippen molar-refractivity contribution in [1.82, 2.24) is 20.6 Å². The SMILES string of the molecule is [2H]c1c([2H])c(-c2ccccc2-c2nn[nH]n2)c([2H])c([2H])c1C(=O)O. The first-order valence-electron chi connectivity index (χ1n) is 7.60. The smallest absolute Gasteiger partial charge is 0.335 e. The topological polar surface area (TPSA) is 91.8 Å². The van der Waals surface area contributed by atoms with Crippen LogP contribution in [0.5, 0.6) is 0 Å². The van der Waals surface area contributed by atoms with Gasteiger partial charge in [-0.2, -0.15) is 5.21 Å². The number of aromatic amines is 1. The van der Waals surface area contributed by atoms with E-state index in [0.29, 0.717) is 11.1 Å². The first-order valence-corrected chi connectivity index (χ1v) is 5.60. The van der Waals surface area contributed by atoms with Crippen LogP contribution >= 0.6 is 0 Å². The number of hydrogen-bond donors (Lipinski definition) is 2. The molecule has 0 bridgehead atoms. The maximum atomic E-state index is 11.2. The number of nitrogens with one attached hydrogen (secondary N) is 1. The maximum absolute atomic E-state index is 11.2. The quantitative estimate of drug-likeness (QED) is 0.761. The summed E-state index contributed by atoms with van der Waals surface area (Å²) in [6, 6.07) is 4.51. The molecule has 0 aliphatic carbocycles. The summed E-state index contributed by atoms with van der Waals surface area (Å²) in [7, 11) is 0. The molecule has 0 aliphatic rings. The van der Waals surface area contributed by atoms with E-state index in [9.17, 15) is 4.79 Å². The highest BCUT2D eigenvalue weighted by atomic mass is 16.4. The Balaban J connectivity index is 2.36. The molecular formula is C14H10N4O2. The Hall–Kier alpha value is -3.02. The number of carboxylic acids is 1. The Bertz CT molecular complexity index is 915. The molecule has 3 rings (SSSR count). The van der Waals surface area contributed by atoms with Crippen LogP contribution < -0.4 is 0 Å². The van der Waals surface area contributed by atoms with Crippen molar-refractivity contribution in [3.8, 4) is 22.5 Å². The predicted molar refractivity (Wildman–Crippen MR) is 72.0 cm³/mol. The lowest BCUT2D eigenvalue weighted by Crippen LogP contribution is -1.95. The van der Waals surface area contributed by atoms with Crippen LogP contribution in [0.4, 0.5) is 0 Å². The van der Waals surface area contributed by atoms with Gasteiger partial charge in [0.1, 0.15) is 0 Å². The summed E-state index contributed by atoms with van der Waals surface area (Å²) < 4.78 is 32.0. The van der Waals surface area contributed by atoms with Gasteiger partial charge in [-0.25, -0.2) is 4.79 Å². The molecule has 0 spiro atoms. The van der Waals surface area contributed by atoms with E-state index < -0.39 is 35.7 Å². The summed E-state index contributed by atoms with van der Waals surface area (Å²) in [6.07, 6.45) is 0. The minimum absolute atomic E-state index is 0.0181. The van der Waals surface area contributed by atoms with Gasteiger partial charge in [-0.3, -0.25) is 0 Å². The molecule has 1 aromatic heterocycles. The van der Waals surface area contributed by atoms with Crippen LogP contribution in [-0.2, 0) is 0 Å². The van der Waals surface area contributed by atoms with Crippen LogP contribution in [0.3, 0.4) is 0 Å². The normalized spacial score (nSPS) is 13.2. The van der Waals surface area contributed by atoms with E-state index in [1.54, 1.807) is 24.3 Å². The Morgan fingerprint density at radius 1 is 1.15 bits per heavy atom. The molecule has 98 valence electrons. The predicted octanol–water partition coefficient (Wildman–Crippen LogP) is 2.23. The summed E-state index contributed by atoms with van der Waals surface area (Å²) in [5.41, 5.74) is 0.129. The van der Waals surface area contributed by atoms with E-state index in [2.05, 4.69) is 20.6 Å². The third-order valence-corrected chi connectivity index (χ3v) is 2.62. The van der Waals surface area contributed by atoms with Gasteiger partial charge in [0.15, 0.2) is 0 Å². The minimum atomic E-state index is -1.51. The summed E-state index contributed by atoms with van der Waals surface area (Å²) in [6.45, 7) is 0. The Morgan fingerprint density at radius 3 is 2.45 bits per heavy atom. The summed E-state index contributed by atoms with van der Waals surface area (Å²) >= 11 is 0. The molecule has 0 fully saturated rings. The zero-order valence-corrected chi connectivity index (χ0v) is 10.0. The van der Waals surface area contributed by atoms with Crippen LogP contribution in [0.15, 0.2) is 48.4 Å². The van der Waals surface area contributed by atoms with Crippen LogP contribution in [0, 0.1) is 0 Å². The van der Waals surface area contributed by atoms with Gasteiger partial charge >= 0.3 is 5.97 Å². The molecule has 0 aliphatic heterocycles. The molecule has 0 saturated carbocycles. The fourth-order valence-corrected chi connectivity index (χ4v) is 1.73. The van der Waals surface area contributed by atoms with Gasteiger partial charge in [-0.1, -0.05) is 36.4 Å². The summed E-state index contributed by atoms with van der Waals surface area (Å²) in [4.78, 5) is 11.2. The van der Waals surface area contributed by atoms with Gasteiger partial charge in [-0.05, 0) is 28.4 Å². The summed E-state index contributed by atoms with van der Waals surface area (Å²) in [5, 5.41) is 22.6. The molecule has 2 N–H and O–H groups in total. The van der Waals surface area contributed by atoms with E-state index in [1.165, 1.54) is 0 Å². The van der Waals surface area contributed by atoms with Crippen molar-refractivity contribution in [2.45, 2.75) is 0 Å². The van der Waals surface area contributed by atoms with Gasteiger partial charge in [0.2, 0.25) is 5.82 Å². The first-order chi connectivity index (χ1) is 11.4. The number of carbonyl (C=O) groups is 1. The number of benzene rings is 2. The number of rotatable bonds is 3. The molecule has 0 unspecified atom stereocenters. The second-order valence-corrected chi connectivity index (χ2v) is 3.84. The molecule has 0 amide bonds. The average Bonchev–Trinajstić information content (AvgIpc) is 3.08. The number of H-pyrrole nitrogens is 1. The Kier molecular flexibility index (Phi) is 2.02. The van der Waals surface area contributed by atoms with Crippen molar-refractivity contribution in [2.75, 3.05) is 0 Å². The monoisotopic (exact) mass is 270 g/mol. The Morgan fingerprint density at radius 2 is 1.85 bits per heavy atom. The van der Waals surface area contributed by atoms with Crippen molar-refractivity contribution in [1.29, 1.82) is 0 Å². The van der Waals surface area contributed by atoms with Gasteiger partial charge < -0.3 is 5.11 Å². The van der Waals surface area contributed by atoms with E-state index in [-0.39, 0.29) is 11.4 Å². The second-order valence-electron chi connectivity index (χ2n) is 3.84. The lowest BCUT2D eigenvalue weighted by molar-refractivity contribution is 0.0697. The molecular weight excluding hydrogens is 256 g/mol. The van der Waals surface area contributed by atoms with Crippen LogP contribution in [-0.4, -0.2) is 31.7 Å². The van der Waals surface area contributed by atoms with Crippen molar-refractivity contribution in [3.05, 3.63) is 54.0 Å². The molecule has 3 aromatic rings. The average molecular weight is 270 g/mol. The molecule has 6 nitrogen and oxygen atoms in total. The first kappa shape index (κ1) is 8.21. The maximum Gasteiger partial charge on any atom is 0.335 e. The third kappa shape index (κ3) is 2.14. The highest BCUT2D eigenvalue weighted by Gasteiger charge is 2.11. The lowest BCUT2D eigenvalue weighted by atomic mass is 9.98. The van der Waals surface area contributed by atoms with E-state index in [0.717, 1.165) is 0 Å². The van der Waals surface area contributed by atoms with Crippen molar-refractivity contribution < 1.29 is 15.4 Å². The third-order valence-electron chi connectivity index (χ3n) is 2.62. The highest BCUT2D eigenvalue weighted by Crippen LogP contribution is 2.29. The Labute approximate surface area is 119 Å². The van der Waals surface area contributed by atoms with Crippen LogP contribution in [0.2, 0.25) is 0 Å². The summed E-state index contributed by atoms with van der Waals surface area (Å²) in [5.74, 6) is -1.28. The zero-order valence-electron chi connectivity index (χ0n) is 14.0. The second kappa shape index (κ2) is 4.93. The van der Waals surface area contributed by atoms with E-state index in [1.807, 2.05) is 0 Å². The van der Waals surface area contributed by atoms with Gasteiger partial charge in [-0.15, -0.1) is 10.2 Å². The number of nitrogens with zero attached hydrogens (tertiary/aromatic N) is 3. The van der Waals surface area contributed by atoms with E-state index in [4.69, 9.17) is 10.6 Å². The van der Waals surface area contributed by atoms with Gasteiger partial charge in [0.05, 0.1) is 11.0 Å². The fraction of sp³-hybridized carbons (Fsp3) is 0. The molecule has 1 heterocycles. The molecule has 20 heavy (non-hydrogen) atoms. The molecule has 0 radical (unpaired) electrons. The molecule has 0 atom stereocenters. The number of carboxylic acid groups (broad SMARTS) is 1. The van der Waals surface area contributed by atoms with Gasteiger partial charge in [0, 0.05) is 5.56 Å². The number of aromatic nitrogens is 4. The number of tetrazole rings is 1. The largest absolute Gasteiger partial charge is 0.478 e. The fourth-order valence-electron chi connectivity index (χ4n) is 1.73. The van der Waals surface area contributed by atoms with Crippen LogP contribution in [0.25, 0.3) is 22.5 Å². The van der Waals surface area contributed by atoms with Gasteiger partial charge in [0.25, 0.3) is 0 Å². The standard InChI is InChI=1S/C14H10N4O2/c19-14(20)10-7-5-9(6-8-10)11-3-1-2-4-12(11)13-15-17-18-16-13/h1-8H,(H,19,20)(H,15,16,17,18)/i5D,6D,7D,8D. The van der Waals surface area contributed by atoms with Crippen molar-refractivity contribution >= 4 is 5.97 Å². The van der Waals surface area contributed by atoms with Crippen LogP contribution in [0.1, 0.15) is 15.8 Å². The number of hydrogen-bond acceptors (Lipinski definition) is 4. The zero-order chi connectivity index (χ0) is 17.4. The molecule has 0 saturated heterocycles. The number of aromatic carboxylic acids is 1. The van der Waals surface area contributed by atoms with Crippen molar-refractivity contribution in [3.63, 3.8) is 0 Å². The lowest BCUT2D eigenvalue weighted by Gasteiger charge is -2.06.